The molecule has 0 atom stereocenters. The summed E-state index contributed by atoms with van der Waals surface area (Å²) in [7, 11) is 1.63. The van der Waals surface area contributed by atoms with Gasteiger partial charge in [0.2, 0.25) is 0 Å². The van der Waals surface area contributed by atoms with Crippen LogP contribution in [0, 0.1) is 0 Å². The van der Waals surface area contributed by atoms with Crippen LogP contribution >= 0.6 is 0 Å². The van der Waals surface area contributed by atoms with E-state index in [1.807, 2.05) is 0 Å². The van der Waals surface area contributed by atoms with Crippen molar-refractivity contribution in [2.75, 3.05) is 0 Å². The summed E-state index contributed by atoms with van der Waals surface area (Å²) in [6.45, 7) is 0. The van der Waals surface area contributed by atoms with Crippen molar-refractivity contribution in [1.82, 2.24) is 20.2 Å². The Bertz CT molecular complexity index is 290. The van der Waals surface area contributed by atoms with E-state index >= 15 is 0 Å². The molecule has 1 aromatic rings. The van der Waals surface area contributed by atoms with Gasteiger partial charge in [-0.25, -0.2) is 9.48 Å². The molecule has 6 nitrogen and oxygen atoms in total. The molecule has 11 heavy (non-hydrogen) atoms. The van der Waals surface area contributed by atoms with Gasteiger partial charge in [-0.2, -0.15) is 0 Å². The van der Waals surface area contributed by atoms with Gasteiger partial charge in [0, 0.05) is 13.1 Å². The molecular weight excluding hydrogens is 148 g/mol. The lowest BCUT2D eigenvalue weighted by molar-refractivity contribution is -0.131. The maximum atomic E-state index is 10.0. The van der Waals surface area contributed by atoms with Gasteiger partial charge in [0.1, 0.15) is 0 Å². The van der Waals surface area contributed by atoms with Crippen LogP contribution in [0.1, 0.15) is 5.82 Å². The van der Waals surface area contributed by atoms with Gasteiger partial charge in [-0.3, -0.25) is 0 Å². The summed E-state index contributed by atoms with van der Waals surface area (Å²) < 4.78 is 1.37. The Labute approximate surface area is 62.1 Å². The van der Waals surface area contributed by atoms with Crippen molar-refractivity contribution in [3.8, 4) is 0 Å². The molecule has 0 aliphatic heterocycles. The minimum atomic E-state index is -1.02. The Hall–Kier alpha value is -1.72. The minimum absolute atomic E-state index is 0.410. The number of carbonyl (C=O) groups is 1. The van der Waals surface area contributed by atoms with E-state index in [1.54, 1.807) is 7.05 Å². The molecule has 0 saturated carbocycles. The summed E-state index contributed by atoms with van der Waals surface area (Å²) in [5, 5.41) is 18.6. The predicted molar refractivity (Wildman–Crippen MR) is 35.5 cm³/mol. The third kappa shape index (κ3) is 1.85. The van der Waals surface area contributed by atoms with Crippen LogP contribution in [0.25, 0.3) is 6.08 Å². The molecular formula is C5H6N4O2. The smallest absolute Gasteiger partial charge is 0.328 e. The zero-order chi connectivity index (χ0) is 8.27. The highest BCUT2D eigenvalue weighted by Gasteiger charge is 1.95. The fourth-order valence-electron chi connectivity index (χ4n) is 0.523. The molecule has 58 valence electrons. The normalized spacial score (nSPS) is 10.6. The van der Waals surface area contributed by atoms with Crippen molar-refractivity contribution in [1.29, 1.82) is 0 Å². The monoisotopic (exact) mass is 154 g/mol. The summed E-state index contributed by atoms with van der Waals surface area (Å²) >= 11 is 0. The van der Waals surface area contributed by atoms with Crippen molar-refractivity contribution in [3.05, 3.63) is 11.9 Å². The van der Waals surface area contributed by atoms with E-state index in [2.05, 4.69) is 15.5 Å². The first-order valence-electron chi connectivity index (χ1n) is 2.83. The molecule has 0 aliphatic rings. The Morgan fingerprint density at radius 3 is 2.91 bits per heavy atom. The van der Waals surface area contributed by atoms with E-state index in [4.69, 9.17) is 5.11 Å². The number of hydrogen-bond acceptors (Lipinski definition) is 4. The van der Waals surface area contributed by atoms with Crippen molar-refractivity contribution in [3.63, 3.8) is 0 Å². The first-order valence-corrected chi connectivity index (χ1v) is 2.83. The zero-order valence-electron chi connectivity index (χ0n) is 5.80. The summed E-state index contributed by atoms with van der Waals surface area (Å²) in [4.78, 5) is 10.0. The highest BCUT2D eigenvalue weighted by Crippen LogP contribution is 1.90. The first-order chi connectivity index (χ1) is 5.20. The van der Waals surface area contributed by atoms with Gasteiger partial charge >= 0.3 is 5.97 Å². The van der Waals surface area contributed by atoms with E-state index in [0.29, 0.717) is 5.82 Å². The fraction of sp³-hybridized carbons (Fsp3) is 0.200. The maximum Gasteiger partial charge on any atom is 0.328 e. The Balaban J connectivity index is 2.79. The Morgan fingerprint density at radius 1 is 1.73 bits per heavy atom. The fourth-order valence-corrected chi connectivity index (χ4v) is 0.523. The topological polar surface area (TPSA) is 80.9 Å². The second kappa shape index (κ2) is 2.91. The molecule has 0 spiro atoms. The number of nitrogens with zero attached hydrogens (tertiary/aromatic N) is 4. The molecule has 1 N–H and O–H groups in total. The van der Waals surface area contributed by atoms with Crippen molar-refractivity contribution in [2.24, 2.45) is 7.05 Å². The predicted octanol–water partition coefficient (Wildman–Crippen LogP) is -0.692. The minimum Gasteiger partial charge on any atom is -0.478 e. The van der Waals surface area contributed by atoms with E-state index < -0.39 is 5.97 Å². The number of carboxylic acid groups (broad SMARTS) is 1. The van der Waals surface area contributed by atoms with Gasteiger partial charge in [0.25, 0.3) is 0 Å². The molecule has 0 bridgehead atoms. The number of hydrogen-bond donors (Lipinski definition) is 1. The van der Waals surface area contributed by atoms with Gasteiger partial charge in [-0.1, -0.05) is 0 Å². The van der Waals surface area contributed by atoms with Crippen LogP contribution in [0.4, 0.5) is 0 Å². The molecule has 0 aromatic carbocycles. The highest BCUT2D eigenvalue weighted by atomic mass is 16.4. The summed E-state index contributed by atoms with van der Waals surface area (Å²) in [5.74, 6) is -0.611. The van der Waals surface area contributed by atoms with Crippen molar-refractivity contribution < 1.29 is 9.90 Å². The number of rotatable bonds is 2. The number of aromatic nitrogens is 4. The lowest BCUT2D eigenvalue weighted by Crippen LogP contribution is -1.94. The Morgan fingerprint density at radius 2 is 2.45 bits per heavy atom. The third-order valence-corrected chi connectivity index (χ3v) is 1.03. The van der Waals surface area contributed by atoms with Crippen LogP contribution in [0.3, 0.4) is 0 Å². The summed E-state index contributed by atoms with van der Waals surface area (Å²) in [6.07, 6.45) is 2.30. The molecule has 1 heterocycles. The van der Waals surface area contributed by atoms with Gasteiger partial charge in [-0.05, 0) is 16.5 Å². The van der Waals surface area contributed by atoms with Crippen LogP contribution in [0.15, 0.2) is 6.08 Å². The molecule has 0 amide bonds. The third-order valence-electron chi connectivity index (χ3n) is 1.03. The molecule has 0 saturated heterocycles. The number of aryl methyl sites for hydroxylation is 1. The Kier molecular flexibility index (Phi) is 1.95. The molecule has 1 rings (SSSR count). The van der Waals surface area contributed by atoms with Crippen LogP contribution in [0.2, 0.25) is 0 Å². The van der Waals surface area contributed by atoms with Gasteiger partial charge < -0.3 is 5.11 Å². The van der Waals surface area contributed by atoms with Crippen molar-refractivity contribution >= 4 is 12.0 Å². The summed E-state index contributed by atoms with van der Waals surface area (Å²) in [6, 6.07) is 0. The number of carboxylic acids is 1. The van der Waals surface area contributed by atoms with Gasteiger partial charge in [0.05, 0.1) is 0 Å². The largest absolute Gasteiger partial charge is 0.478 e. The standard InChI is InChI=1S/C5H6N4O2/c1-9-4(6-7-8-9)2-3-5(10)11/h2-3H,1H3,(H,10,11)/b3-2+. The second-order valence-electron chi connectivity index (χ2n) is 1.83. The van der Waals surface area contributed by atoms with Crippen LogP contribution in [0.5, 0.6) is 0 Å². The van der Waals surface area contributed by atoms with Gasteiger partial charge in [0.15, 0.2) is 5.82 Å². The average molecular weight is 154 g/mol. The molecule has 0 unspecified atom stereocenters. The van der Waals surface area contributed by atoms with E-state index in [0.717, 1.165) is 6.08 Å². The molecule has 0 radical (unpaired) electrons. The quantitative estimate of drug-likeness (QED) is 0.570. The maximum absolute atomic E-state index is 10.0. The molecule has 6 heteroatoms. The average Bonchev–Trinajstić information content (AvgIpc) is 2.31. The van der Waals surface area contributed by atoms with Crippen LogP contribution in [-0.2, 0) is 11.8 Å². The van der Waals surface area contributed by atoms with Crippen LogP contribution < -0.4 is 0 Å². The van der Waals surface area contributed by atoms with Crippen LogP contribution in [-0.4, -0.2) is 31.3 Å². The number of tetrazole rings is 1. The van der Waals surface area contributed by atoms with E-state index in [9.17, 15) is 4.79 Å². The SMILES string of the molecule is Cn1nnnc1/C=C/C(=O)O. The van der Waals surface area contributed by atoms with Gasteiger partial charge in [-0.15, -0.1) is 5.10 Å². The number of aliphatic carboxylic acids is 1. The van der Waals surface area contributed by atoms with Crippen molar-refractivity contribution in [2.45, 2.75) is 0 Å². The second-order valence-corrected chi connectivity index (χ2v) is 1.83. The zero-order valence-corrected chi connectivity index (χ0v) is 5.80. The first kappa shape index (κ1) is 7.39. The molecule has 0 aliphatic carbocycles. The van der Waals surface area contributed by atoms with E-state index in [1.165, 1.54) is 10.8 Å². The van der Waals surface area contributed by atoms with E-state index in [-0.39, 0.29) is 0 Å². The lowest BCUT2D eigenvalue weighted by Gasteiger charge is -1.86. The highest BCUT2D eigenvalue weighted by molar-refractivity contribution is 5.84. The molecule has 1 aromatic heterocycles. The molecule has 0 fully saturated rings. The lowest BCUT2D eigenvalue weighted by atomic mass is 10.5. The summed E-state index contributed by atoms with van der Waals surface area (Å²) in [5.41, 5.74) is 0.